The lowest BCUT2D eigenvalue weighted by Gasteiger charge is -2.14. The smallest absolute Gasteiger partial charge is 0.369 e. The van der Waals surface area contributed by atoms with Crippen LogP contribution >= 0.6 is 0 Å². The zero-order chi connectivity index (χ0) is 11.4. The van der Waals surface area contributed by atoms with Crippen LogP contribution in [0, 0.1) is 10.1 Å². The monoisotopic (exact) mass is 214 g/mol. The molecule has 0 radical (unpaired) electrons. The number of nitrogens with zero attached hydrogens (tertiary/aromatic N) is 2. The number of aromatic nitrogens is 1. The largest absolute Gasteiger partial charge is 0.394 e. The SMILES string of the molecule is O=[N+]([O-])c1ncccc1C(O)C(O)CO. The molecule has 0 aromatic carbocycles. The molecule has 3 N–H and O–H groups in total. The molecule has 1 rings (SSSR count). The molecule has 0 fully saturated rings. The zero-order valence-corrected chi connectivity index (χ0v) is 7.65. The van der Waals surface area contributed by atoms with Crippen LogP contribution in [-0.4, -0.2) is 37.9 Å². The van der Waals surface area contributed by atoms with E-state index in [0.29, 0.717) is 0 Å². The number of nitro groups is 1. The summed E-state index contributed by atoms with van der Waals surface area (Å²) >= 11 is 0. The highest BCUT2D eigenvalue weighted by Crippen LogP contribution is 2.24. The normalized spacial score (nSPS) is 14.6. The second kappa shape index (κ2) is 4.78. The molecule has 0 aliphatic rings. The van der Waals surface area contributed by atoms with E-state index in [9.17, 15) is 15.2 Å². The highest BCUT2D eigenvalue weighted by atomic mass is 16.6. The van der Waals surface area contributed by atoms with Gasteiger partial charge in [0.15, 0.2) is 0 Å². The van der Waals surface area contributed by atoms with Gasteiger partial charge >= 0.3 is 5.82 Å². The van der Waals surface area contributed by atoms with E-state index in [-0.39, 0.29) is 5.56 Å². The molecule has 1 aromatic rings. The van der Waals surface area contributed by atoms with E-state index in [1.54, 1.807) is 0 Å². The zero-order valence-electron chi connectivity index (χ0n) is 7.65. The first-order valence-corrected chi connectivity index (χ1v) is 4.14. The van der Waals surface area contributed by atoms with Crippen LogP contribution in [0.3, 0.4) is 0 Å². The van der Waals surface area contributed by atoms with Crippen LogP contribution in [0.2, 0.25) is 0 Å². The quantitative estimate of drug-likeness (QED) is 0.454. The van der Waals surface area contributed by atoms with Gasteiger partial charge in [-0.05, 0) is 22.0 Å². The minimum absolute atomic E-state index is 0.121. The van der Waals surface area contributed by atoms with Crippen molar-refractivity contribution in [2.75, 3.05) is 6.61 Å². The van der Waals surface area contributed by atoms with Crippen LogP contribution in [0.15, 0.2) is 18.3 Å². The van der Waals surface area contributed by atoms with Crippen molar-refractivity contribution >= 4 is 5.82 Å². The van der Waals surface area contributed by atoms with Gasteiger partial charge in [-0.25, -0.2) is 0 Å². The maximum atomic E-state index is 10.5. The van der Waals surface area contributed by atoms with Crippen molar-refractivity contribution in [2.24, 2.45) is 0 Å². The lowest BCUT2D eigenvalue weighted by atomic mass is 10.1. The van der Waals surface area contributed by atoms with Gasteiger partial charge in [0.25, 0.3) is 0 Å². The van der Waals surface area contributed by atoms with Crippen molar-refractivity contribution in [3.63, 3.8) is 0 Å². The van der Waals surface area contributed by atoms with Gasteiger partial charge in [0, 0.05) is 0 Å². The molecule has 1 aromatic heterocycles. The molecule has 0 aliphatic carbocycles. The van der Waals surface area contributed by atoms with Gasteiger partial charge in [-0.1, -0.05) is 0 Å². The molecular formula is C8H10N2O5. The van der Waals surface area contributed by atoms with E-state index in [1.807, 2.05) is 0 Å². The average molecular weight is 214 g/mol. The van der Waals surface area contributed by atoms with Crippen LogP contribution in [0.25, 0.3) is 0 Å². The van der Waals surface area contributed by atoms with Crippen LogP contribution in [0.1, 0.15) is 11.7 Å². The number of pyridine rings is 1. The predicted molar refractivity (Wildman–Crippen MR) is 48.9 cm³/mol. The average Bonchev–Trinajstić information content (AvgIpc) is 2.27. The standard InChI is InChI=1S/C8H10N2O5/c11-4-6(12)7(13)5-2-1-3-9-8(5)10(14)15/h1-3,6-7,11-13H,4H2. The molecule has 0 aliphatic heterocycles. The molecule has 2 unspecified atom stereocenters. The van der Waals surface area contributed by atoms with Gasteiger partial charge < -0.3 is 25.4 Å². The summed E-state index contributed by atoms with van der Waals surface area (Å²) in [6.07, 6.45) is -1.78. The van der Waals surface area contributed by atoms with Gasteiger partial charge in [0.2, 0.25) is 0 Å². The van der Waals surface area contributed by atoms with Crippen molar-refractivity contribution in [3.05, 3.63) is 34.0 Å². The first-order valence-electron chi connectivity index (χ1n) is 4.14. The third kappa shape index (κ3) is 2.46. The van der Waals surface area contributed by atoms with Crippen LogP contribution < -0.4 is 0 Å². The molecule has 2 atom stereocenters. The fraction of sp³-hybridized carbons (Fsp3) is 0.375. The third-order valence-electron chi connectivity index (χ3n) is 1.86. The van der Waals surface area contributed by atoms with Crippen LogP contribution in [0.5, 0.6) is 0 Å². The maximum Gasteiger partial charge on any atom is 0.369 e. The Morgan fingerprint density at radius 3 is 2.73 bits per heavy atom. The second-order valence-corrected chi connectivity index (χ2v) is 2.87. The molecule has 0 amide bonds. The summed E-state index contributed by atoms with van der Waals surface area (Å²) in [5.41, 5.74) is -0.121. The van der Waals surface area contributed by atoms with E-state index in [1.165, 1.54) is 18.3 Å². The van der Waals surface area contributed by atoms with Crippen molar-refractivity contribution in [3.8, 4) is 0 Å². The molecule has 7 nitrogen and oxygen atoms in total. The molecule has 0 spiro atoms. The van der Waals surface area contributed by atoms with Crippen LogP contribution in [-0.2, 0) is 0 Å². The van der Waals surface area contributed by atoms with Crippen molar-refractivity contribution in [1.82, 2.24) is 4.98 Å². The molecule has 82 valence electrons. The molecule has 0 saturated heterocycles. The fourth-order valence-corrected chi connectivity index (χ4v) is 1.10. The third-order valence-corrected chi connectivity index (χ3v) is 1.86. The minimum atomic E-state index is -1.52. The van der Waals surface area contributed by atoms with Crippen molar-refractivity contribution in [1.29, 1.82) is 0 Å². The van der Waals surface area contributed by atoms with Crippen molar-refractivity contribution < 1.29 is 20.2 Å². The molecule has 0 bridgehead atoms. The van der Waals surface area contributed by atoms with Gasteiger partial charge in [-0.3, -0.25) is 0 Å². The van der Waals surface area contributed by atoms with E-state index >= 15 is 0 Å². The van der Waals surface area contributed by atoms with E-state index in [2.05, 4.69) is 4.98 Å². The van der Waals surface area contributed by atoms with E-state index < -0.39 is 29.6 Å². The Bertz CT molecular complexity index is 357. The number of hydrogen-bond donors (Lipinski definition) is 3. The molecule has 15 heavy (non-hydrogen) atoms. The first-order chi connectivity index (χ1) is 7.07. The summed E-state index contributed by atoms with van der Waals surface area (Å²) in [4.78, 5) is 13.2. The lowest BCUT2D eigenvalue weighted by molar-refractivity contribution is -0.391. The first kappa shape index (κ1) is 11.5. The maximum absolute atomic E-state index is 10.5. The summed E-state index contributed by atoms with van der Waals surface area (Å²) in [7, 11) is 0. The summed E-state index contributed by atoms with van der Waals surface area (Å²) in [5.74, 6) is -0.530. The molecule has 1 heterocycles. The fourth-order valence-electron chi connectivity index (χ4n) is 1.10. The minimum Gasteiger partial charge on any atom is -0.394 e. The summed E-state index contributed by atoms with van der Waals surface area (Å²) in [6, 6.07) is 2.67. The van der Waals surface area contributed by atoms with Crippen molar-refractivity contribution in [2.45, 2.75) is 12.2 Å². The van der Waals surface area contributed by atoms with E-state index in [0.717, 1.165) is 0 Å². The Kier molecular flexibility index (Phi) is 3.67. The van der Waals surface area contributed by atoms with Crippen LogP contribution in [0.4, 0.5) is 5.82 Å². The Hall–Kier alpha value is -1.57. The number of hydrogen-bond acceptors (Lipinski definition) is 6. The lowest BCUT2D eigenvalue weighted by Crippen LogP contribution is -2.23. The topological polar surface area (TPSA) is 117 Å². The summed E-state index contributed by atoms with van der Waals surface area (Å²) in [6.45, 7) is -0.687. The van der Waals surface area contributed by atoms with Gasteiger partial charge in [0.1, 0.15) is 18.4 Å². The number of aliphatic hydroxyl groups is 3. The Labute approximate surface area is 84.8 Å². The highest BCUT2D eigenvalue weighted by molar-refractivity contribution is 5.34. The van der Waals surface area contributed by atoms with Gasteiger partial charge in [-0.2, -0.15) is 0 Å². The number of rotatable bonds is 4. The second-order valence-electron chi connectivity index (χ2n) is 2.87. The summed E-state index contributed by atoms with van der Waals surface area (Å²) in [5, 5.41) is 37.7. The van der Waals surface area contributed by atoms with E-state index in [4.69, 9.17) is 10.2 Å². The van der Waals surface area contributed by atoms with Gasteiger partial charge in [0.05, 0.1) is 12.2 Å². The molecule has 0 saturated carbocycles. The predicted octanol–water partition coefficient (Wildman–Crippen LogP) is -0.624. The Morgan fingerprint density at radius 1 is 1.53 bits per heavy atom. The Morgan fingerprint density at radius 2 is 2.20 bits per heavy atom. The van der Waals surface area contributed by atoms with Gasteiger partial charge in [-0.15, -0.1) is 0 Å². The number of aliphatic hydroxyl groups excluding tert-OH is 3. The summed E-state index contributed by atoms with van der Waals surface area (Å²) < 4.78 is 0. The molecular weight excluding hydrogens is 204 g/mol. The molecule has 7 heteroatoms. The highest BCUT2D eigenvalue weighted by Gasteiger charge is 2.26. The Balaban J connectivity index is 3.07.